The van der Waals surface area contributed by atoms with E-state index in [0.29, 0.717) is 11.9 Å². The third-order valence-electron chi connectivity index (χ3n) is 4.62. The van der Waals surface area contributed by atoms with Gasteiger partial charge in [-0.25, -0.2) is 9.97 Å². The van der Waals surface area contributed by atoms with Crippen LogP contribution in [0.1, 0.15) is 19.0 Å². The van der Waals surface area contributed by atoms with E-state index in [1.165, 1.54) is 19.1 Å². The van der Waals surface area contributed by atoms with Crippen molar-refractivity contribution < 1.29 is 31.1 Å². The molecular weight excluding hydrogens is 478 g/mol. The van der Waals surface area contributed by atoms with E-state index in [9.17, 15) is 31.1 Å². The van der Waals surface area contributed by atoms with Crippen molar-refractivity contribution >= 4 is 17.4 Å². The topological polar surface area (TPSA) is 71.1 Å². The zero-order chi connectivity index (χ0) is 24.7. The van der Waals surface area contributed by atoms with Crippen molar-refractivity contribution in [2.24, 2.45) is 5.92 Å². The highest BCUT2D eigenvalue weighted by molar-refractivity contribution is 6.30. The highest BCUT2D eigenvalue weighted by Crippen LogP contribution is 2.41. The zero-order valence-corrected chi connectivity index (χ0v) is 18.2. The summed E-state index contributed by atoms with van der Waals surface area (Å²) in [6.07, 6.45) is -9.76. The number of anilines is 1. The minimum absolute atomic E-state index is 0.0464. The Morgan fingerprint density at radius 2 is 1.79 bits per heavy atom. The summed E-state index contributed by atoms with van der Waals surface area (Å²) >= 11 is 5.73. The van der Waals surface area contributed by atoms with E-state index in [0.717, 1.165) is 0 Å². The molecule has 0 radical (unpaired) electrons. The Hall–Kier alpha value is -3.02. The summed E-state index contributed by atoms with van der Waals surface area (Å²) in [7, 11) is 3.32. The Morgan fingerprint density at radius 3 is 2.36 bits per heavy atom. The van der Waals surface area contributed by atoms with Gasteiger partial charge < -0.3 is 14.6 Å². The van der Waals surface area contributed by atoms with E-state index >= 15 is 0 Å². The van der Waals surface area contributed by atoms with Crippen LogP contribution in [0.2, 0.25) is 0 Å². The van der Waals surface area contributed by atoms with Crippen molar-refractivity contribution in [1.29, 1.82) is 0 Å². The van der Waals surface area contributed by atoms with Crippen LogP contribution in [0.5, 0.6) is 5.75 Å². The van der Waals surface area contributed by atoms with E-state index in [4.69, 9.17) is 16.3 Å². The number of H-pyrrole nitrogens is 1. The Morgan fingerprint density at radius 1 is 1.12 bits per heavy atom. The van der Waals surface area contributed by atoms with E-state index in [-0.39, 0.29) is 12.1 Å². The number of ether oxygens (including phenoxy) is 1. The average molecular weight is 495 g/mol. The van der Waals surface area contributed by atoms with E-state index < -0.39 is 57.5 Å². The molecular formula is C20H17ClF6N4O2. The maximum absolute atomic E-state index is 13.7. The molecule has 1 aliphatic carbocycles. The lowest BCUT2D eigenvalue weighted by atomic mass is 9.95. The van der Waals surface area contributed by atoms with Crippen molar-refractivity contribution in [3.05, 3.63) is 56.7 Å². The Balaban J connectivity index is 2.11. The minimum Gasteiger partial charge on any atom is -0.454 e. The van der Waals surface area contributed by atoms with Gasteiger partial charge in [0, 0.05) is 25.5 Å². The lowest BCUT2D eigenvalue weighted by Gasteiger charge is -2.24. The first-order valence-corrected chi connectivity index (χ1v) is 9.77. The molecule has 0 aliphatic heterocycles. The lowest BCUT2D eigenvalue weighted by molar-refractivity contribution is -0.142. The van der Waals surface area contributed by atoms with Crippen LogP contribution in [0.4, 0.5) is 32.2 Å². The molecule has 13 heteroatoms. The highest BCUT2D eigenvalue weighted by Gasteiger charge is 2.41. The molecule has 33 heavy (non-hydrogen) atoms. The van der Waals surface area contributed by atoms with Crippen molar-refractivity contribution in [2.45, 2.75) is 25.7 Å². The van der Waals surface area contributed by atoms with Gasteiger partial charge in [0.25, 0.3) is 5.56 Å². The summed E-state index contributed by atoms with van der Waals surface area (Å²) in [6.45, 7) is 1.35. The number of nitrogens with one attached hydrogen (secondary N) is 1. The third kappa shape index (κ3) is 5.32. The van der Waals surface area contributed by atoms with Crippen LogP contribution >= 0.6 is 11.6 Å². The molecule has 0 fully saturated rings. The van der Waals surface area contributed by atoms with E-state index in [1.807, 2.05) is 0 Å². The first-order valence-electron chi connectivity index (χ1n) is 9.40. The van der Waals surface area contributed by atoms with Crippen LogP contribution in [-0.4, -0.2) is 35.2 Å². The smallest absolute Gasteiger partial charge is 0.437 e. The molecule has 1 aliphatic rings. The third-order valence-corrected chi connectivity index (χ3v) is 5.20. The number of aromatic nitrogens is 3. The predicted molar refractivity (Wildman–Crippen MR) is 109 cm³/mol. The fraction of sp³-hybridized carbons (Fsp3) is 0.350. The van der Waals surface area contributed by atoms with Crippen molar-refractivity contribution in [3.63, 3.8) is 0 Å². The number of nitrogens with zero attached hydrogens (tertiary/aromatic N) is 3. The Labute approximate surface area is 188 Å². The maximum Gasteiger partial charge on any atom is 0.437 e. The molecule has 0 bridgehead atoms. The van der Waals surface area contributed by atoms with Crippen LogP contribution in [0.3, 0.4) is 0 Å². The normalized spacial score (nSPS) is 17.2. The number of aromatic amines is 1. The molecule has 0 saturated carbocycles. The SMILES string of the molecule is CC1CC(Oc2c(C(F)(F)F)nc(-c3cccc(N(C)C)n3)[nH]c2=O)=CC(C(F)(F)F)=C1Cl. The van der Waals surface area contributed by atoms with Crippen LogP contribution in [0.25, 0.3) is 11.5 Å². The van der Waals surface area contributed by atoms with Crippen LogP contribution < -0.4 is 15.2 Å². The zero-order valence-electron chi connectivity index (χ0n) is 17.4. The number of halogens is 7. The van der Waals surface area contributed by atoms with Crippen LogP contribution in [0.15, 0.2) is 45.4 Å². The Kier molecular flexibility index (Phi) is 6.51. The molecule has 3 rings (SSSR count). The second kappa shape index (κ2) is 8.73. The van der Waals surface area contributed by atoms with Crippen molar-refractivity contribution in [1.82, 2.24) is 15.0 Å². The molecule has 2 heterocycles. The fourth-order valence-corrected chi connectivity index (χ4v) is 3.28. The van der Waals surface area contributed by atoms with Gasteiger partial charge in [0.2, 0.25) is 5.75 Å². The van der Waals surface area contributed by atoms with Gasteiger partial charge in [-0.3, -0.25) is 4.79 Å². The van der Waals surface area contributed by atoms with Gasteiger partial charge in [0.05, 0.1) is 5.57 Å². The molecule has 178 valence electrons. The number of alkyl halides is 6. The van der Waals surface area contributed by atoms with Crippen LogP contribution in [-0.2, 0) is 6.18 Å². The van der Waals surface area contributed by atoms with Gasteiger partial charge in [-0.05, 0) is 24.1 Å². The van der Waals surface area contributed by atoms with Gasteiger partial charge in [-0.1, -0.05) is 24.6 Å². The molecule has 0 aromatic carbocycles. The number of allylic oxidation sites excluding steroid dienone is 4. The summed E-state index contributed by atoms with van der Waals surface area (Å²) in [5, 5.41) is -0.500. The van der Waals surface area contributed by atoms with Crippen LogP contribution in [0, 0.1) is 5.92 Å². The lowest BCUT2D eigenvalue weighted by Crippen LogP contribution is -2.24. The van der Waals surface area contributed by atoms with Gasteiger partial charge in [0.1, 0.15) is 17.3 Å². The standard InChI is InChI=1S/C20H17ClF6N4O2/c1-9-7-10(8-11(14(9)21)19(22,23)24)33-15-16(20(25,26)27)29-17(30-18(15)32)12-5-4-6-13(28-12)31(2)3/h4-6,8-9H,7H2,1-3H3,(H,29,30,32). The molecule has 0 amide bonds. The number of hydrogen-bond acceptors (Lipinski definition) is 5. The maximum atomic E-state index is 13.7. The number of hydrogen-bond donors (Lipinski definition) is 1. The Bertz CT molecular complexity index is 1180. The molecule has 1 N–H and O–H groups in total. The summed E-state index contributed by atoms with van der Waals surface area (Å²) in [5.41, 5.74) is -4.32. The minimum atomic E-state index is -5.14. The molecule has 2 aromatic heterocycles. The summed E-state index contributed by atoms with van der Waals surface area (Å²) in [6, 6.07) is 4.45. The number of rotatable bonds is 4. The van der Waals surface area contributed by atoms with Gasteiger partial charge in [-0.15, -0.1) is 0 Å². The largest absolute Gasteiger partial charge is 0.454 e. The fourth-order valence-electron chi connectivity index (χ4n) is 3.04. The number of pyridine rings is 1. The second-order valence-corrected chi connectivity index (χ2v) is 7.85. The molecule has 2 aromatic rings. The first kappa shape index (κ1) is 24.6. The first-order chi connectivity index (χ1) is 15.2. The van der Waals surface area contributed by atoms with E-state index in [1.54, 1.807) is 25.1 Å². The molecule has 1 unspecified atom stereocenters. The summed E-state index contributed by atoms with van der Waals surface area (Å²) in [4.78, 5) is 23.9. The van der Waals surface area contributed by atoms with Gasteiger partial charge in [0.15, 0.2) is 11.5 Å². The van der Waals surface area contributed by atoms with Crippen molar-refractivity contribution in [3.8, 4) is 17.3 Å². The van der Waals surface area contributed by atoms with Gasteiger partial charge in [-0.2, -0.15) is 26.3 Å². The quantitative estimate of drug-likeness (QED) is 0.586. The summed E-state index contributed by atoms with van der Waals surface area (Å²) in [5.74, 6) is -2.74. The highest BCUT2D eigenvalue weighted by atomic mass is 35.5. The molecule has 0 spiro atoms. The van der Waals surface area contributed by atoms with Gasteiger partial charge >= 0.3 is 12.4 Å². The monoisotopic (exact) mass is 494 g/mol. The molecule has 1 atom stereocenters. The van der Waals surface area contributed by atoms with Crippen molar-refractivity contribution in [2.75, 3.05) is 19.0 Å². The molecule has 6 nitrogen and oxygen atoms in total. The second-order valence-electron chi connectivity index (χ2n) is 7.44. The average Bonchev–Trinajstić information content (AvgIpc) is 2.70. The van der Waals surface area contributed by atoms with E-state index in [2.05, 4.69) is 15.0 Å². The summed E-state index contributed by atoms with van der Waals surface area (Å²) < 4.78 is 86.0. The molecule has 0 saturated heterocycles. The predicted octanol–water partition coefficient (Wildman–Crippen LogP) is 5.27.